The number of ether oxygens (including phenoxy) is 3. The van der Waals surface area contributed by atoms with E-state index in [2.05, 4.69) is 0 Å². The molecule has 136 valence electrons. The monoisotopic (exact) mass is 355 g/mol. The number of rotatable bonds is 5. The molecule has 2 aromatic rings. The minimum absolute atomic E-state index is 0.0638. The average molecular weight is 355 g/mol. The van der Waals surface area contributed by atoms with Gasteiger partial charge in [0, 0.05) is 17.8 Å². The number of hydrogen-bond donors (Lipinski definition) is 0. The van der Waals surface area contributed by atoms with Crippen molar-refractivity contribution < 1.29 is 23.8 Å². The Bertz CT molecular complexity index is 833. The molecule has 0 aliphatic carbocycles. The Kier molecular flexibility index (Phi) is 5.11. The molecule has 1 aliphatic rings. The highest BCUT2D eigenvalue weighted by atomic mass is 16.5. The summed E-state index contributed by atoms with van der Waals surface area (Å²) < 4.78 is 15.6. The lowest BCUT2D eigenvalue weighted by Crippen LogP contribution is -2.39. The summed E-state index contributed by atoms with van der Waals surface area (Å²) in [4.78, 5) is 26.4. The molecule has 0 bridgehead atoms. The van der Waals surface area contributed by atoms with E-state index in [1.165, 1.54) is 14.2 Å². The quantitative estimate of drug-likeness (QED) is 0.772. The van der Waals surface area contributed by atoms with Gasteiger partial charge in [0.2, 0.25) is 0 Å². The van der Waals surface area contributed by atoms with Crippen LogP contribution in [-0.4, -0.2) is 38.7 Å². The van der Waals surface area contributed by atoms with Crippen molar-refractivity contribution in [3.8, 4) is 11.5 Å². The Morgan fingerprint density at radius 2 is 1.92 bits per heavy atom. The van der Waals surface area contributed by atoms with Crippen molar-refractivity contribution >= 4 is 17.6 Å². The van der Waals surface area contributed by atoms with E-state index in [0.717, 1.165) is 17.7 Å². The lowest BCUT2D eigenvalue weighted by molar-refractivity contribution is -0.120. The van der Waals surface area contributed by atoms with Gasteiger partial charge in [-0.3, -0.25) is 4.79 Å². The first-order valence-corrected chi connectivity index (χ1v) is 8.34. The van der Waals surface area contributed by atoms with Gasteiger partial charge in [0.1, 0.15) is 17.1 Å². The van der Waals surface area contributed by atoms with Crippen LogP contribution >= 0.6 is 0 Å². The van der Waals surface area contributed by atoms with Crippen molar-refractivity contribution in [2.45, 2.75) is 19.4 Å². The van der Waals surface area contributed by atoms with E-state index in [1.54, 1.807) is 23.1 Å². The predicted octanol–water partition coefficient (Wildman–Crippen LogP) is 2.84. The molecule has 6 nitrogen and oxygen atoms in total. The summed E-state index contributed by atoms with van der Waals surface area (Å²) in [5, 5.41) is 0. The molecule has 1 amide bonds. The lowest BCUT2D eigenvalue weighted by Gasteiger charge is -2.23. The predicted molar refractivity (Wildman–Crippen MR) is 96.9 cm³/mol. The molecule has 0 N–H and O–H groups in total. The van der Waals surface area contributed by atoms with Crippen LogP contribution in [0.5, 0.6) is 11.5 Å². The SMILES string of the molecule is COC(=O)c1ccc(OC)cc1OCC(=O)N1c2ccccc2C[C@@H]1C. The maximum Gasteiger partial charge on any atom is 0.341 e. The molecular formula is C20H21NO5. The Hall–Kier alpha value is -3.02. The summed E-state index contributed by atoms with van der Waals surface area (Å²) >= 11 is 0. The first-order chi connectivity index (χ1) is 12.5. The number of fused-ring (bicyclic) bond motifs is 1. The maximum absolute atomic E-state index is 12.8. The number of anilines is 1. The van der Waals surface area contributed by atoms with E-state index in [9.17, 15) is 9.59 Å². The van der Waals surface area contributed by atoms with Gasteiger partial charge in [-0.15, -0.1) is 0 Å². The van der Waals surface area contributed by atoms with Crippen molar-refractivity contribution in [2.75, 3.05) is 25.7 Å². The third kappa shape index (κ3) is 3.35. The summed E-state index contributed by atoms with van der Waals surface area (Å²) in [6.07, 6.45) is 0.814. The number of carbonyl (C=O) groups is 2. The van der Waals surface area contributed by atoms with Gasteiger partial charge in [-0.25, -0.2) is 4.79 Å². The van der Waals surface area contributed by atoms with Crippen molar-refractivity contribution in [3.05, 3.63) is 53.6 Å². The fourth-order valence-electron chi connectivity index (χ4n) is 3.18. The number of methoxy groups -OCH3 is 2. The molecule has 0 fully saturated rings. The second-order valence-electron chi connectivity index (χ2n) is 6.09. The highest BCUT2D eigenvalue weighted by molar-refractivity contribution is 5.97. The Labute approximate surface area is 152 Å². The minimum Gasteiger partial charge on any atom is -0.497 e. The largest absolute Gasteiger partial charge is 0.497 e. The highest BCUT2D eigenvalue weighted by Gasteiger charge is 2.30. The number of esters is 1. The standard InChI is InChI=1S/C20H21NO5/c1-13-10-14-6-4-5-7-17(14)21(13)19(22)12-26-18-11-15(24-2)8-9-16(18)20(23)25-3/h4-9,11,13H,10,12H2,1-3H3/t13-/m0/s1. The van der Waals surface area contributed by atoms with Crippen LogP contribution in [0.15, 0.2) is 42.5 Å². The second-order valence-corrected chi connectivity index (χ2v) is 6.09. The number of para-hydroxylation sites is 1. The fourth-order valence-corrected chi connectivity index (χ4v) is 3.18. The topological polar surface area (TPSA) is 65.1 Å². The number of hydrogen-bond acceptors (Lipinski definition) is 5. The molecule has 3 rings (SSSR count). The molecule has 0 saturated carbocycles. The maximum atomic E-state index is 12.8. The second kappa shape index (κ2) is 7.47. The van der Waals surface area contributed by atoms with Gasteiger partial charge in [0.25, 0.3) is 5.91 Å². The third-order valence-corrected chi connectivity index (χ3v) is 4.42. The van der Waals surface area contributed by atoms with Gasteiger partial charge in [0.05, 0.1) is 14.2 Å². The van der Waals surface area contributed by atoms with Crippen LogP contribution in [0, 0.1) is 0 Å². The van der Waals surface area contributed by atoms with Gasteiger partial charge in [-0.05, 0) is 37.1 Å². The molecule has 6 heteroatoms. The van der Waals surface area contributed by atoms with Crippen molar-refractivity contribution in [3.63, 3.8) is 0 Å². The lowest BCUT2D eigenvalue weighted by atomic mass is 10.1. The van der Waals surface area contributed by atoms with E-state index in [-0.39, 0.29) is 29.9 Å². The van der Waals surface area contributed by atoms with Crippen LogP contribution < -0.4 is 14.4 Å². The molecule has 1 aliphatic heterocycles. The molecule has 2 aromatic carbocycles. The van der Waals surface area contributed by atoms with Crippen molar-refractivity contribution in [1.82, 2.24) is 0 Å². The molecule has 1 heterocycles. The number of carbonyl (C=O) groups excluding carboxylic acids is 2. The zero-order chi connectivity index (χ0) is 18.7. The zero-order valence-electron chi connectivity index (χ0n) is 15.0. The fraction of sp³-hybridized carbons (Fsp3) is 0.300. The van der Waals surface area contributed by atoms with E-state index >= 15 is 0 Å². The van der Waals surface area contributed by atoms with Crippen LogP contribution in [0.25, 0.3) is 0 Å². The average Bonchev–Trinajstić information content (AvgIpc) is 3.00. The molecule has 1 atom stereocenters. The Morgan fingerprint density at radius 3 is 2.65 bits per heavy atom. The van der Waals surface area contributed by atoms with E-state index in [1.807, 2.05) is 31.2 Å². The molecule has 0 aromatic heterocycles. The molecular weight excluding hydrogens is 334 g/mol. The third-order valence-electron chi connectivity index (χ3n) is 4.42. The Morgan fingerprint density at radius 1 is 1.15 bits per heavy atom. The zero-order valence-corrected chi connectivity index (χ0v) is 15.0. The summed E-state index contributed by atoms with van der Waals surface area (Å²) in [5.74, 6) is 0.0840. The van der Waals surface area contributed by atoms with Crippen molar-refractivity contribution in [2.24, 2.45) is 0 Å². The normalized spacial score (nSPS) is 15.3. The van der Waals surface area contributed by atoms with E-state index in [4.69, 9.17) is 14.2 Å². The molecule has 0 radical (unpaired) electrons. The summed E-state index contributed by atoms with van der Waals surface area (Å²) in [7, 11) is 2.81. The van der Waals surface area contributed by atoms with Crippen molar-refractivity contribution in [1.29, 1.82) is 0 Å². The summed E-state index contributed by atoms with van der Waals surface area (Å²) in [5.41, 5.74) is 2.30. The van der Waals surface area contributed by atoms with Crippen LogP contribution in [0.1, 0.15) is 22.8 Å². The van der Waals surface area contributed by atoms with E-state index < -0.39 is 5.97 Å². The van der Waals surface area contributed by atoms with Gasteiger partial charge in [-0.2, -0.15) is 0 Å². The first-order valence-electron chi connectivity index (χ1n) is 8.34. The molecule has 0 spiro atoms. The smallest absolute Gasteiger partial charge is 0.341 e. The summed E-state index contributed by atoms with van der Waals surface area (Å²) in [6, 6.07) is 12.7. The number of benzene rings is 2. The van der Waals surface area contributed by atoms with Crippen LogP contribution in [0.2, 0.25) is 0 Å². The molecule has 0 saturated heterocycles. The van der Waals surface area contributed by atoms with Gasteiger partial charge < -0.3 is 19.1 Å². The highest BCUT2D eigenvalue weighted by Crippen LogP contribution is 2.32. The van der Waals surface area contributed by atoms with Crippen LogP contribution in [0.3, 0.4) is 0 Å². The molecule has 26 heavy (non-hydrogen) atoms. The van der Waals surface area contributed by atoms with Gasteiger partial charge in [0.15, 0.2) is 6.61 Å². The van der Waals surface area contributed by atoms with Crippen LogP contribution in [-0.2, 0) is 16.0 Å². The number of nitrogens with zero attached hydrogens (tertiary/aromatic N) is 1. The first kappa shape index (κ1) is 17.8. The number of amides is 1. The van der Waals surface area contributed by atoms with Crippen LogP contribution in [0.4, 0.5) is 5.69 Å². The van der Waals surface area contributed by atoms with Gasteiger partial charge in [-0.1, -0.05) is 18.2 Å². The molecule has 0 unspecified atom stereocenters. The van der Waals surface area contributed by atoms with E-state index in [0.29, 0.717) is 5.75 Å². The Balaban J connectivity index is 1.79. The minimum atomic E-state index is -0.532. The van der Waals surface area contributed by atoms with Gasteiger partial charge >= 0.3 is 5.97 Å². The summed E-state index contributed by atoms with van der Waals surface area (Å²) in [6.45, 7) is 1.82.